The molecule has 1 aromatic carbocycles. The number of rotatable bonds is 2. The molecule has 0 unspecified atom stereocenters. The molecule has 0 spiro atoms. The van der Waals surface area contributed by atoms with Crippen LogP contribution in [0.15, 0.2) is 53.1 Å². The fraction of sp³-hybridized carbons (Fsp3) is 0.235. The standard InChI is InChI=1S/C17H17N5O2/c23-16(19-13-5-2-1-3-6-13)21-9-11-22(12-10-21)17-20-15-14(24-17)7-4-8-18-15/h1-8H,9-12H2,(H,19,23). The number of hydrogen-bond acceptors (Lipinski definition) is 5. The third-order valence-electron chi connectivity index (χ3n) is 4.02. The molecule has 3 heterocycles. The molecule has 0 saturated carbocycles. The van der Waals surface area contributed by atoms with Crippen molar-refractivity contribution in [1.82, 2.24) is 14.9 Å². The van der Waals surface area contributed by atoms with Crippen LogP contribution in [0.3, 0.4) is 0 Å². The number of amides is 2. The van der Waals surface area contributed by atoms with Crippen LogP contribution >= 0.6 is 0 Å². The first-order chi connectivity index (χ1) is 11.8. The lowest BCUT2D eigenvalue weighted by Gasteiger charge is -2.33. The largest absolute Gasteiger partial charge is 0.422 e. The number of pyridine rings is 1. The van der Waals surface area contributed by atoms with Gasteiger partial charge >= 0.3 is 6.03 Å². The zero-order valence-electron chi connectivity index (χ0n) is 13.1. The maximum Gasteiger partial charge on any atom is 0.321 e. The monoisotopic (exact) mass is 323 g/mol. The Labute approximate surface area is 138 Å². The third kappa shape index (κ3) is 2.88. The molecule has 122 valence electrons. The van der Waals surface area contributed by atoms with Gasteiger partial charge in [-0.1, -0.05) is 18.2 Å². The van der Waals surface area contributed by atoms with Crippen LogP contribution in [0.25, 0.3) is 11.2 Å². The molecule has 2 aromatic heterocycles. The van der Waals surface area contributed by atoms with Crippen molar-refractivity contribution >= 4 is 29.0 Å². The van der Waals surface area contributed by atoms with Crippen molar-refractivity contribution in [2.24, 2.45) is 0 Å². The van der Waals surface area contributed by atoms with Gasteiger partial charge in [0.2, 0.25) is 5.65 Å². The Hall–Kier alpha value is -3.09. The second-order valence-corrected chi connectivity index (χ2v) is 5.59. The summed E-state index contributed by atoms with van der Waals surface area (Å²) in [6.45, 7) is 2.58. The second kappa shape index (κ2) is 6.19. The van der Waals surface area contributed by atoms with Crippen molar-refractivity contribution in [2.75, 3.05) is 36.4 Å². The van der Waals surface area contributed by atoms with Gasteiger partial charge in [0.15, 0.2) is 5.58 Å². The summed E-state index contributed by atoms with van der Waals surface area (Å²) < 4.78 is 5.73. The number of benzene rings is 1. The van der Waals surface area contributed by atoms with Gasteiger partial charge in [-0.05, 0) is 24.3 Å². The Kier molecular flexibility index (Phi) is 3.74. The lowest BCUT2D eigenvalue weighted by Crippen LogP contribution is -2.50. The highest BCUT2D eigenvalue weighted by molar-refractivity contribution is 5.89. The number of carbonyl (C=O) groups is 1. The average molecular weight is 323 g/mol. The molecule has 2 amide bonds. The van der Waals surface area contributed by atoms with Crippen LogP contribution in [0, 0.1) is 0 Å². The van der Waals surface area contributed by atoms with Crippen molar-refractivity contribution < 1.29 is 9.21 Å². The molecular weight excluding hydrogens is 306 g/mol. The van der Waals surface area contributed by atoms with E-state index in [2.05, 4.69) is 15.3 Å². The van der Waals surface area contributed by atoms with Crippen LogP contribution in [0.5, 0.6) is 0 Å². The van der Waals surface area contributed by atoms with E-state index < -0.39 is 0 Å². The number of carbonyl (C=O) groups excluding carboxylic acids is 1. The zero-order chi connectivity index (χ0) is 16.4. The van der Waals surface area contributed by atoms with Gasteiger partial charge in [-0.3, -0.25) is 0 Å². The first-order valence-corrected chi connectivity index (χ1v) is 7.87. The van der Waals surface area contributed by atoms with Crippen LogP contribution < -0.4 is 10.2 Å². The van der Waals surface area contributed by atoms with E-state index in [9.17, 15) is 4.79 Å². The number of urea groups is 1. The highest BCUT2D eigenvalue weighted by Gasteiger charge is 2.24. The lowest BCUT2D eigenvalue weighted by atomic mass is 10.3. The van der Waals surface area contributed by atoms with E-state index in [1.54, 1.807) is 11.1 Å². The third-order valence-corrected chi connectivity index (χ3v) is 4.02. The summed E-state index contributed by atoms with van der Waals surface area (Å²) in [5.74, 6) is 0. The molecule has 0 radical (unpaired) electrons. The molecule has 0 atom stereocenters. The Bertz CT molecular complexity index is 807. The minimum atomic E-state index is -0.0833. The van der Waals surface area contributed by atoms with E-state index in [-0.39, 0.29) is 6.03 Å². The fourth-order valence-electron chi connectivity index (χ4n) is 2.72. The Morgan fingerprint density at radius 2 is 1.83 bits per heavy atom. The molecule has 1 aliphatic rings. The molecule has 0 aliphatic carbocycles. The summed E-state index contributed by atoms with van der Waals surface area (Å²) in [5, 5.41) is 2.91. The highest BCUT2D eigenvalue weighted by atomic mass is 16.4. The van der Waals surface area contributed by atoms with Gasteiger partial charge in [0.1, 0.15) is 0 Å². The van der Waals surface area contributed by atoms with Crippen LogP contribution in [0.4, 0.5) is 16.5 Å². The molecule has 4 rings (SSSR count). The van der Waals surface area contributed by atoms with Crippen LogP contribution in [-0.2, 0) is 0 Å². The van der Waals surface area contributed by atoms with Gasteiger partial charge in [-0.2, -0.15) is 4.98 Å². The number of oxazole rings is 1. The molecule has 24 heavy (non-hydrogen) atoms. The summed E-state index contributed by atoms with van der Waals surface area (Å²) in [6, 6.07) is 13.6. The summed E-state index contributed by atoms with van der Waals surface area (Å²) in [6.07, 6.45) is 1.69. The smallest absolute Gasteiger partial charge is 0.321 e. The lowest BCUT2D eigenvalue weighted by molar-refractivity contribution is 0.207. The minimum Gasteiger partial charge on any atom is -0.422 e. The number of piperazine rings is 1. The van der Waals surface area contributed by atoms with Gasteiger partial charge in [-0.25, -0.2) is 9.78 Å². The molecular formula is C17H17N5O2. The fourth-order valence-corrected chi connectivity index (χ4v) is 2.72. The van der Waals surface area contributed by atoms with Gasteiger partial charge in [0.25, 0.3) is 6.01 Å². The van der Waals surface area contributed by atoms with E-state index in [0.717, 1.165) is 5.69 Å². The van der Waals surface area contributed by atoms with Gasteiger partial charge in [0.05, 0.1) is 0 Å². The molecule has 1 N–H and O–H groups in total. The molecule has 1 aliphatic heterocycles. The quantitative estimate of drug-likeness (QED) is 0.784. The van der Waals surface area contributed by atoms with E-state index in [4.69, 9.17) is 4.42 Å². The molecule has 0 bridgehead atoms. The number of aromatic nitrogens is 2. The number of nitrogens with one attached hydrogen (secondary N) is 1. The first kappa shape index (κ1) is 14.5. The van der Waals surface area contributed by atoms with Crippen molar-refractivity contribution in [3.05, 3.63) is 48.7 Å². The Morgan fingerprint density at radius 1 is 1.04 bits per heavy atom. The van der Waals surface area contributed by atoms with Crippen LogP contribution in [0.1, 0.15) is 0 Å². The number of para-hydroxylation sites is 1. The second-order valence-electron chi connectivity index (χ2n) is 5.59. The van der Waals surface area contributed by atoms with Crippen molar-refractivity contribution in [3.8, 4) is 0 Å². The maximum atomic E-state index is 12.3. The molecule has 7 heteroatoms. The number of anilines is 2. The summed E-state index contributed by atoms with van der Waals surface area (Å²) in [7, 11) is 0. The normalized spacial score (nSPS) is 14.8. The first-order valence-electron chi connectivity index (χ1n) is 7.87. The van der Waals surface area contributed by atoms with Crippen molar-refractivity contribution in [2.45, 2.75) is 0 Å². The number of hydrogen-bond donors (Lipinski definition) is 1. The van der Waals surface area contributed by atoms with E-state index in [1.807, 2.05) is 47.4 Å². The predicted octanol–water partition coefficient (Wildman–Crippen LogP) is 2.58. The minimum absolute atomic E-state index is 0.0833. The van der Waals surface area contributed by atoms with E-state index >= 15 is 0 Å². The van der Waals surface area contributed by atoms with E-state index in [0.29, 0.717) is 43.4 Å². The van der Waals surface area contributed by atoms with Gasteiger partial charge in [0, 0.05) is 38.1 Å². The van der Waals surface area contributed by atoms with Crippen molar-refractivity contribution in [1.29, 1.82) is 0 Å². The highest BCUT2D eigenvalue weighted by Crippen LogP contribution is 2.21. The average Bonchev–Trinajstić information content (AvgIpc) is 3.07. The van der Waals surface area contributed by atoms with E-state index in [1.165, 1.54) is 0 Å². The SMILES string of the molecule is O=C(Nc1ccccc1)N1CCN(c2nc3ncccc3o2)CC1. The summed E-state index contributed by atoms with van der Waals surface area (Å²) in [4.78, 5) is 24.7. The predicted molar refractivity (Wildman–Crippen MR) is 91.1 cm³/mol. The molecule has 3 aromatic rings. The Morgan fingerprint density at radius 3 is 2.58 bits per heavy atom. The van der Waals surface area contributed by atoms with Gasteiger partial charge in [-0.15, -0.1) is 0 Å². The van der Waals surface area contributed by atoms with Gasteiger partial charge < -0.3 is 19.5 Å². The number of nitrogens with zero attached hydrogens (tertiary/aromatic N) is 4. The zero-order valence-corrected chi connectivity index (χ0v) is 13.1. The topological polar surface area (TPSA) is 74.5 Å². The molecule has 1 fully saturated rings. The molecule has 7 nitrogen and oxygen atoms in total. The Balaban J connectivity index is 1.38. The summed E-state index contributed by atoms with van der Waals surface area (Å²) in [5.41, 5.74) is 2.09. The summed E-state index contributed by atoms with van der Waals surface area (Å²) >= 11 is 0. The molecule has 1 saturated heterocycles. The maximum absolute atomic E-state index is 12.3. The van der Waals surface area contributed by atoms with Crippen LogP contribution in [-0.4, -0.2) is 47.1 Å². The van der Waals surface area contributed by atoms with Crippen LogP contribution in [0.2, 0.25) is 0 Å². The number of fused-ring (bicyclic) bond motifs is 1. The van der Waals surface area contributed by atoms with Crippen molar-refractivity contribution in [3.63, 3.8) is 0 Å².